The lowest BCUT2D eigenvalue weighted by molar-refractivity contribution is -0.117. The average molecular weight is 268 g/mol. The molecule has 6 heteroatoms. The smallest absolute Gasteiger partial charge is 0.229 e. The van der Waals surface area contributed by atoms with Crippen molar-refractivity contribution in [3.8, 4) is 0 Å². The minimum absolute atomic E-state index is 0.0320. The van der Waals surface area contributed by atoms with Gasteiger partial charge in [-0.25, -0.2) is 9.37 Å². The van der Waals surface area contributed by atoms with Crippen molar-refractivity contribution in [1.82, 2.24) is 4.98 Å². The molecule has 0 spiro atoms. The number of thiol groups is 1. The highest BCUT2D eigenvalue weighted by Crippen LogP contribution is 2.32. The highest BCUT2D eigenvalue weighted by atomic mass is 32.1. The maximum absolute atomic E-state index is 13.0. The Bertz CT molecular complexity index is 598. The van der Waals surface area contributed by atoms with Gasteiger partial charge in [-0.1, -0.05) is 11.3 Å². The third kappa shape index (κ3) is 1.91. The zero-order valence-corrected chi connectivity index (χ0v) is 10.5. The summed E-state index contributed by atoms with van der Waals surface area (Å²) in [5.41, 5.74) is 0.724. The molecule has 17 heavy (non-hydrogen) atoms. The van der Waals surface area contributed by atoms with E-state index in [2.05, 4.69) is 17.6 Å². The Labute approximate surface area is 107 Å². The van der Waals surface area contributed by atoms with E-state index in [4.69, 9.17) is 0 Å². The molecular formula is C11H9FN2OS2. The van der Waals surface area contributed by atoms with E-state index < -0.39 is 0 Å². The number of rotatable bonds is 1. The van der Waals surface area contributed by atoms with Crippen molar-refractivity contribution in [1.29, 1.82) is 0 Å². The quantitative estimate of drug-likeness (QED) is 0.806. The molecule has 0 aliphatic carbocycles. The van der Waals surface area contributed by atoms with Crippen LogP contribution in [0.25, 0.3) is 10.2 Å². The summed E-state index contributed by atoms with van der Waals surface area (Å²) >= 11 is 5.63. The molecule has 1 saturated heterocycles. The molecule has 88 valence electrons. The molecule has 3 nitrogen and oxygen atoms in total. The number of hydrogen-bond donors (Lipinski definition) is 1. The summed E-state index contributed by atoms with van der Waals surface area (Å²) in [4.78, 5) is 17.7. The summed E-state index contributed by atoms with van der Waals surface area (Å²) < 4.78 is 13.8. The van der Waals surface area contributed by atoms with Crippen molar-refractivity contribution in [2.45, 2.75) is 11.7 Å². The van der Waals surface area contributed by atoms with Crippen LogP contribution in [-0.2, 0) is 4.79 Å². The summed E-state index contributed by atoms with van der Waals surface area (Å²) in [5, 5.41) is 0.693. The third-order valence-corrected chi connectivity index (χ3v) is 4.06. The third-order valence-electron chi connectivity index (χ3n) is 2.67. The van der Waals surface area contributed by atoms with Gasteiger partial charge in [0, 0.05) is 18.2 Å². The molecule has 1 amide bonds. The summed E-state index contributed by atoms with van der Waals surface area (Å²) in [5.74, 6) is -0.253. The molecule has 2 heterocycles. The average Bonchev–Trinajstić information content (AvgIpc) is 2.80. The second-order valence-electron chi connectivity index (χ2n) is 3.97. The lowest BCUT2D eigenvalue weighted by Gasteiger charge is -2.10. The normalized spacial score (nSPS) is 20.5. The topological polar surface area (TPSA) is 33.2 Å². The van der Waals surface area contributed by atoms with Crippen molar-refractivity contribution < 1.29 is 9.18 Å². The van der Waals surface area contributed by atoms with E-state index in [1.165, 1.54) is 23.5 Å². The first-order chi connectivity index (χ1) is 8.13. The number of hydrogen-bond acceptors (Lipinski definition) is 4. The molecule has 1 unspecified atom stereocenters. The fraction of sp³-hybridized carbons (Fsp3) is 0.273. The van der Waals surface area contributed by atoms with Gasteiger partial charge in [-0.2, -0.15) is 12.6 Å². The van der Waals surface area contributed by atoms with Crippen molar-refractivity contribution in [2.75, 3.05) is 11.4 Å². The second-order valence-corrected chi connectivity index (χ2v) is 5.71. The Morgan fingerprint density at radius 2 is 2.35 bits per heavy atom. The number of fused-ring (bicyclic) bond motifs is 1. The fourth-order valence-corrected chi connectivity index (χ4v) is 3.21. The van der Waals surface area contributed by atoms with Gasteiger partial charge < -0.3 is 0 Å². The summed E-state index contributed by atoms with van der Waals surface area (Å²) in [6.07, 6.45) is 0.438. The van der Waals surface area contributed by atoms with Crippen LogP contribution >= 0.6 is 24.0 Å². The van der Waals surface area contributed by atoms with Gasteiger partial charge >= 0.3 is 0 Å². The monoisotopic (exact) mass is 268 g/mol. The SMILES string of the molecule is O=C1CC(S)CN1c1nc2ccc(F)cc2s1. The molecule has 0 saturated carbocycles. The maximum Gasteiger partial charge on any atom is 0.229 e. The molecule has 1 aromatic heterocycles. The predicted molar refractivity (Wildman–Crippen MR) is 69.3 cm³/mol. The summed E-state index contributed by atoms with van der Waals surface area (Å²) in [7, 11) is 0. The standard InChI is InChI=1S/C11H9FN2OS2/c12-6-1-2-8-9(3-6)17-11(13-8)14-5-7(16)4-10(14)15/h1-3,7,16H,4-5H2. The molecule has 1 fully saturated rings. The number of halogens is 1. The highest BCUT2D eigenvalue weighted by Gasteiger charge is 2.30. The number of thiazole rings is 1. The van der Waals surface area contributed by atoms with Gasteiger partial charge in [0.1, 0.15) is 5.82 Å². The van der Waals surface area contributed by atoms with E-state index in [9.17, 15) is 9.18 Å². The van der Waals surface area contributed by atoms with Crippen LogP contribution in [0.5, 0.6) is 0 Å². The molecule has 2 aromatic rings. The zero-order valence-electron chi connectivity index (χ0n) is 8.76. The van der Waals surface area contributed by atoms with Crippen LogP contribution in [0, 0.1) is 5.82 Å². The van der Waals surface area contributed by atoms with Crippen LogP contribution in [0.3, 0.4) is 0 Å². The predicted octanol–water partition coefficient (Wildman–Crippen LogP) is 2.47. The van der Waals surface area contributed by atoms with E-state index in [1.54, 1.807) is 11.0 Å². The second kappa shape index (κ2) is 3.96. The van der Waals surface area contributed by atoms with E-state index in [1.807, 2.05) is 0 Å². The van der Waals surface area contributed by atoms with Crippen LogP contribution in [0.15, 0.2) is 18.2 Å². The molecule has 1 atom stereocenters. The van der Waals surface area contributed by atoms with Crippen molar-refractivity contribution >= 4 is 45.2 Å². The molecule has 1 aliphatic rings. The first kappa shape index (κ1) is 11.0. The minimum Gasteiger partial charge on any atom is -0.287 e. The van der Waals surface area contributed by atoms with Crippen LogP contribution in [0.1, 0.15) is 6.42 Å². The number of carbonyl (C=O) groups excluding carboxylic acids is 1. The minimum atomic E-state index is -0.285. The van der Waals surface area contributed by atoms with Gasteiger partial charge in [-0.05, 0) is 18.2 Å². The molecule has 0 bridgehead atoms. The Morgan fingerprint density at radius 3 is 3.06 bits per heavy atom. The lowest BCUT2D eigenvalue weighted by Crippen LogP contribution is -2.24. The van der Waals surface area contributed by atoms with E-state index >= 15 is 0 Å². The summed E-state index contributed by atoms with van der Waals surface area (Å²) in [6, 6.07) is 4.44. The van der Waals surface area contributed by atoms with Crippen LogP contribution in [0.4, 0.5) is 9.52 Å². The van der Waals surface area contributed by atoms with Crippen molar-refractivity contribution in [2.24, 2.45) is 0 Å². The Balaban J connectivity index is 2.03. The van der Waals surface area contributed by atoms with E-state index in [-0.39, 0.29) is 17.0 Å². The van der Waals surface area contributed by atoms with Gasteiger partial charge in [0.25, 0.3) is 0 Å². The van der Waals surface area contributed by atoms with Crippen molar-refractivity contribution in [3.05, 3.63) is 24.0 Å². The molecule has 1 aliphatic heterocycles. The lowest BCUT2D eigenvalue weighted by atomic mass is 10.3. The Kier molecular flexibility index (Phi) is 2.56. The number of aromatic nitrogens is 1. The van der Waals surface area contributed by atoms with Gasteiger partial charge in [-0.3, -0.25) is 9.69 Å². The Morgan fingerprint density at radius 1 is 1.53 bits per heavy atom. The van der Waals surface area contributed by atoms with Gasteiger partial charge in [0.05, 0.1) is 10.2 Å². The number of anilines is 1. The van der Waals surface area contributed by atoms with E-state index in [0.717, 1.165) is 10.2 Å². The first-order valence-electron chi connectivity index (χ1n) is 5.18. The van der Waals surface area contributed by atoms with Gasteiger partial charge in [-0.15, -0.1) is 0 Å². The summed E-state index contributed by atoms with van der Waals surface area (Å²) in [6.45, 7) is 0.574. The van der Waals surface area contributed by atoms with Crippen LogP contribution < -0.4 is 4.90 Å². The molecule has 3 rings (SSSR count). The molecule has 0 radical (unpaired) electrons. The fourth-order valence-electron chi connectivity index (χ4n) is 1.88. The van der Waals surface area contributed by atoms with Gasteiger partial charge in [0.2, 0.25) is 5.91 Å². The maximum atomic E-state index is 13.0. The molecule has 1 aromatic carbocycles. The highest BCUT2D eigenvalue weighted by molar-refractivity contribution is 7.81. The van der Waals surface area contributed by atoms with Crippen LogP contribution in [0.2, 0.25) is 0 Å². The number of benzene rings is 1. The molecular weight excluding hydrogens is 259 g/mol. The molecule has 0 N–H and O–H groups in total. The number of nitrogens with zero attached hydrogens (tertiary/aromatic N) is 2. The first-order valence-corrected chi connectivity index (χ1v) is 6.51. The van der Waals surface area contributed by atoms with Crippen molar-refractivity contribution in [3.63, 3.8) is 0 Å². The van der Waals surface area contributed by atoms with Crippen LogP contribution in [-0.4, -0.2) is 22.7 Å². The van der Waals surface area contributed by atoms with E-state index in [0.29, 0.717) is 18.1 Å². The number of carbonyl (C=O) groups is 1. The Hall–Kier alpha value is -1.14. The number of amides is 1. The van der Waals surface area contributed by atoms with Gasteiger partial charge in [0.15, 0.2) is 5.13 Å². The zero-order chi connectivity index (χ0) is 12.0. The largest absolute Gasteiger partial charge is 0.287 e.